The number of benzene rings is 1. The first-order valence-electron chi connectivity index (χ1n) is 8.35. The average Bonchev–Trinajstić information content (AvgIpc) is 3.24. The van der Waals surface area contributed by atoms with Gasteiger partial charge in [0.1, 0.15) is 11.4 Å². The number of aryl methyl sites for hydroxylation is 1. The Hall–Kier alpha value is -3.00. The second kappa shape index (κ2) is 6.72. The van der Waals surface area contributed by atoms with E-state index in [9.17, 15) is 9.59 Å². The van der Waals surface area contributed by atoms with Crippen LogP contribution in [0.2, 0.25) is 0 Å². The van der Waals surface area contributed by atoms with Gasteiger partial charge < -0.3 is 4.57 Å². The number of thiophene rings is 1. The average molecular weight is 367 g/mol. The molecule has 0 fully saturated rings. The van der Waals surface area contributed by atoms with Gasteiger partial charge in [0.2, 0.25) is 11.9 Å². The highest BCUT2D eigenvalue weighted by Gasteiger charge is 2.14. The minimum atomic E-state index is -0.309. The second-order valence-corrected chi connectivity index (χ2v) is 6.84. The lowest BCUT2D eigenvalue weighted by Gasteiger charge is -2.09. The van der Waals surface area contributed by atoms with Crippen LogP contribution in [0.25, 0.3) is 21.3 Å². The van der Waals surface area contributed by atoms with Crippen molar-refractivity contribution in [2.75, 3.05) is 5.32 Å². The minimum Gasteiger partial charge on any atom is -0.310 e. The van der Waals surface area contributed by atoms with E-state index in [1.807, 2.05) is 34.2 Å². The maximum atomic E-state index is 12.5. The number of hydrogen-bond acceptors (Lipinski definition) is 5. The lowest BCUT2D eigenvalue weighted by atomic mass is 10.3. The summed E-state index contributed by atoms with van der Waals surface area (Å²) in [6, 6.07) is 9.48. The Kier molecular flexibility index (Phi) is 4.26. The molecule has 0 radical (unpaired) electrons. The summed E-state index contributed by atoms with van der Waals surface area (Å²) >= 11 is 1.40. The van der Waals surface area contributed by atoms with E-state index >= 15 is 0 Å². The van der Waals surface area contributed by atoms with Gasteiger partial charge in [-0.25, -0.2) is 9.97 Å². The number of nitrogens with one attached hydrogen (secondary N) is 1. The lowest BCUT2D eigenvalue weighted by Crippen LogP contribution is -2.28. The number of rotatable bonds is 5. The van der Waals surface area contributed by atoms with Crippen LogP contribution in [-0.2, 0) is 17.9 Å². The molecular weight excluding hydrogens is 350 g/mol. The van der Waals surface area contributed by atoms with Crippen LogP contribution in [0.3, 0.4) is 0 Å². The van der Waals surface area contributed by atoms with E-state index in [0.29, 0.717) is 16.2 Å². The first-order valence-corrected chi connectivity index (χ1v) is 9.23. The Labute approximate surface area is 152 Å². The molecule has 8 heteroatoms. The SMILES string of the molecule is CCCn1c(NC(=O)Cn2cnc3sccc3c2=O)nc2ccccc21. The molecule has 1 amide bonds. The lowest BCUT2D eigenvalue weighted by molar-refractivity contribution is -0.116. The number of hydrogen-bond donors (Lipinski definition) is 1. The largest absolute Gasteiger partial charge is 0.310 e. The number of para-hydroxylation sites is 2. The molecule has 7 nitrogen and oxygen atoms in total. The molecule has 4 rings (SSSR count). The van der Waals surface area contributed by atoms with Gasteiger partial charge in [-0.15, -0.1) is 11.3 Å². The molecule has 0 atom stereocenters. The van der Waals surface area contributed by atoms with Crippen LogP contribution in [0, 0.1) is 0 Å². The van der Waals surface area contributed by atoms with Gasteiger partial charge in [0.05, 0.1) is 22.7 Å². The summed E-state index contributed by atoms with van der Waals surface area (Å²) in [5.41, 5.74) is 1.59. The van der Waals surface area contributed by atoms with Crippen molar-refractivity contribution in [2.45, 2.75) is 26.4 Å². The number of aromatic nitrogens is 4. The molecule has 3 aromatic heterocycles. The molecular formula is C18H17N5O2S. The van der Waals surface area contributed by atoms with Gasteiger partial charge in [0.15, 0.2) is 0 Å². The van der Waals surface area contributed by atoms with Gasteiger partial charge in [-0.3, -0.25) is 19.5 Å². The zero-order valence-corrected chi connectivity index (χ0v) is 15.0. The van der Waals surface area contributed by atoms with E-state index in [1.165, 1.54) is 22.2 Å². The van der Waals surface area contributed by atoms with Crippen molar-refractivity contribution in [1.82, 2.24) is 19.1 Å². The van der Waals surface area contributed by atoms with Crippen molar-refractivity contribution in [3.05, 3.63) is 52.4 Å². The number of anilines is 1. The number of nitrogens with zero attached hydrogens (tertiary/aromatic N) is 4. The third-order valence-corrected chi connectivity index (χ3v) is 4.94. The molecule has 0 spiro atoms. The normalized spacial score (nSPS) is 11.3. The van der Waals surface area contributed by atoms with Crippen molar-refractivity contribution in [3.63, 3.8) is 0 Å². The summed E-state index contributed by atoms with van der Waals surface area (Å²) in [5.74, 6) is 0.187. The fraction of sp³-hybridized carbons (Fsp3) is 0.222. The molecule has 1 aromatic carbocycles. The maximum absolute atomic E-state index is 12.5. The number of amides is 1. The van der Waals surface area contributed by atoms with Crippen LogP contribution in [0.1, 0.15) is 13.3 Å². The third-order valence-electron chi connectivity index (χ3n) is 4.12. The van der Waals surface area contributed by atoms with Gasteiger partial charge in [0, 0.05) is 6.54 Å². The Morgan fingerprint density at radius 2 is 2.12 bits per heavy atom. The standard InChI is InChI=1S/C18H17N5O2S/c1-2-8-23-14-6-4-3-5-13(14)20-18(23)21-15(24)10-22-11-19-16-12(17(22)25)7-9-26-16/h3-7,9,11H,2,8,10H2,1H3,(H,20,21,24). The molecule has 1 N–H and O–H groups in total. The summed E-state index contributed by atoms with van der Waals surface area (Å²) in [7, 11) is 0. The van der Waals surface area contributed by atoms with E-state index in [-0.39, 0.29) is 18.0 Å². The topological polar surface area (TPSA) is 81.8 Å². The predicted molar refractivity (Wildman–Crippen MR) is 103 cm³/mol. The predicted octanol–water partition coefficient (Wildman–Crippen LogP) is 2.86. The van der Waals surface area contributed by atoms with E-state index in [4.69, 9.17) is 0 Å². The van der Waals surface area contributed by atoms with E-state index in [1.54, 1.807) is 6.07 Å². The molecule has 0 saturated heterocycles. The van der Waals surface area contributed by atoms with Gasteiger partial charge in [-0.2, -0.15) is 0 Å². The fourth-order valence-corrected chi connectivity index (χ4v) is 3.67. The number of imidazole rings is 1. The molecule has 0 aliphatic heterocycles. The summed E-state index contributed by atoms with van der Waals surface area (Å²) < 4.78 is 3.30. The van der Waals surface area contributed by atoms with Crippen LogP contribution >= 0.6 is 11.3 Å². The van der Waals surface area contributed by atoms with E-state index in [0.717, 1.165) is 24.0 Å². The number of carbonyl (C=O) groups excluding carboxylic acids is 1. The summed E-state index contributed by atoms with van der Waals surface area (Å²) in [4.78, 5) is 34.3. The quantitative estimate of drug-likeness (QED) is 0.588. The van der Waals surface area contributed by atoms with Crippen molar-refractivity contribution in [3.8, 4) is 0 Å². The first-order chi connectivity index (χ1) is 12.7. The smallest absolute Gasteiger partial charge is 0.262 e. The second-order valence-electron chi connectivity index (χ2n) is 5.94. The van der Waals surface area contributed by atoms with Gasteiger partial charge >= 0.3 is 0 Å². The van der Waals surface area contributed by atoms with Crippen LogP contribution in [-0.4, -0.2) is 25.0 Å². The van der Waals surface area contributed by atoms with Crippen LogP contribution in [0.15, 0.2) is 46.8 Å². The van der Waals surface area contributed by atoms with Gasteiger partial charge in [0.25, 0.3) is 5.56 Å². The van der Waals surface area contributed by atoms with Crippen LogP contribution in [0.4, 0.5) is 5.95 Å². The Bertz CT molecular complexity index is 1160. The molecule has 26 heavy (non-hydrogen) atoms. The molecule has 132 valence electrons. The monoisotopic (exact) mass is 367 g/mol. The highest BCUT2D eigenvalue weighted by atomic mass is 32.1. The maximum Gasteiger partial charge on any atom is 0.262 e. The van der Waals surface area contributed by atoms with E-state index < -0.39 is 0 Å². The molecule has 0 saturated carbocycles. The van der Waals surface area contributed by atoms with Crippen molar-refractivity contribution < 1.29 is 4.79 Å². The van der Waals surface area contributed by atoms with Crippen LogP contribution < -0.4 is 10.9 Å². The molecule has 0 unspecified atom stereocenters. The third kappa shape index (κ3) is 2.88. The Morgan fingerprint density at radius 1 is 1.27 bits per heavy atom. The van der Waals surface area contributed by atoms with Gasteiger partial charge in [-0.1, -0.05) is 19.1 Å². The zero-order valence-electron chi connectivity index (χ0n) is 14.2. The molecule has 3 heterocycles. The zero-order chi connectivity index (χ0) is 18.1. The van der Waals surface area contributed by atoms with Crippen molar-refractivity contribution in [2.24, 2.45) is 0 Å². The fourth-order valence-electron chi connectivity index (χ4n) is 2.95. The molecule has 4 aromatic rings. The van der Waals surface area contributed by atoms with Crippen molar-refractivity contribution in [1.29, 1.82) is 0 Å². The van der Waals surface area contributed by atoms with E-state index in [2.05, 4.69) is 22.2 Å². The first kappa shape index (κ1) is 16.5. The Balaban J connectivity index is 1.61. The highest BCUT2D eigenvalue weighted by molar-refractivity contribution is 7.16. The minimum absolute atomic E-state index is 0.104. The molecule has 0 aliphatic carbocycles. The van der Waals surface area contributed by atoms with Gasteiger partial charge in [-0.05, 0) is 30.0 Å². The van der Waals surface area contributed by atoms with Crippen molar-refractivity contribution >= 4 is 44.4 Å². The molecule has 0 aliphatic rings. The van der Waals surface area contributed by atoms with Crippen LogP contribution in [0.5, 0.6) is 0 Å². The molecule has 0 bridgehead atoms. The summed E-state index contributed by atoms with van der Waals surface area (Å²) in [5, 5.41) is 5.18. The number of fused-ring (bicyclic) bond motifs is 2. The summed E-state index contributed by atoms with van der Waals surface area (Å²) in [6.07, 6.45) is 2.33. The highest BCUT2D eigenvalue weighted by Crippen LogP contribution is 2.20. The summed E-state index contributed by atoms with van der Waals surface area (Å²) in [6.45, 7) is 2.72. The Morgan fingerprint density at radius 3 is 2.96 bits per heavy atom. The number of carbonyl (C=O) groups is 1.